The number of hydrogen-bond donors (Lipinski definition) is 0. The van der Waals surface area contributed by atoms with E-state index in [1.54, 1.807) is 0 Å². The second-order valence-electron chi connectivity index (χ2n) is 3.84. The molecule has 0 aromatic carbocycles. The van der Waals surface area contributed by atoms with Gasteiger partial charge in [0, 0.05) is 13.3 Å². The lowest BCUT2D eigenvalue weighted by Gasteiger charge is -2.03. The molecule has 2 heteroatoms. The number of hydrogen-bond acceptors (Lipinski definition) is 2. The molecule has 0 aliphatic carbocycles. The van der Waals surface area contributed by atoms with Crippen LogP contribution >= 0.6 is 0 Å². The first kappa shape index (κ1) is 15.7. The van der Waals surface area contributed by atoms with E-state index in [4.69, 9.17) is 4.74 Å². The summed E-state index contributed by atoms with van der Waals surface area (Å²) in [6.45, 7) is 5.66. The molecule has 0 saturated heterocycles. The van der Waals surface area contributed by atoms with Crippen molar-refractivity contribution in [3.63, 3.8) is 0 Å². The number of esters is 1. The Morgan fingerprint density at radius 1 is 1.12 bits per heavy atom. The minimum atomic E-state index is -0.244. The van der Waals surface area contributed by atoms with Gasteiger partial charge in [-0.25, -0.2) is 0 Å². The van der Waals surface area contributed by atoms with Gasteiger partial charge in [0.15, 0.2) is 0 Å². The van der Waals surface area contributed by atoms with Gasteiger partial charge in [0.2, 0.25) is 0 Å². The SMILES string of the molecule is CCC=CCC=CCC(=CCCC)OC(C)=O. The van der Waals surface area contributed by atoms with E-state index < -0.39 is 0 Å². The van der Waals surface area contributed by atoms with Gasteiger partial charge in [-0.2, -0.15) is 0 Å². The molecule has 0 aromatic heterocycles. The normalized spacial score (nSPS) is 12.5. The van der Waals surface area contributed by atoms with E-state index >= 15 is 0 Å². The molecule has 2 nitrogen and oxygen atoms in total. The number of allylic oxidation sites excluding steroid dienone is 5. The van der Waals surface area contributed by atoms with Gasteiger partial charge in [-0.15, -0.1) is 0 Å². The Labute approximate surface area is 105 Å². The van der Waals surface area contributed by atoms with Crippen molar-refractivity contribution in [3.05, 3.63) is 36.1 Å². The molecule has 0 spiro atoms. The predicted molar refractivity (Wildman–Crippen MR) is 72.6 cm³/mol. The Bertz CT molecular complexity index is 285. The van der Waals surface area contributed by atoms with Gasteiger partial charge in [0.25, 0.3) is 0 Å². The zero-order valence-electron chi connectivity index (χ0n) is 11.2. The maximum Gasteiger partial charge on any atom is 0.307 e. The van der Waals surface area contributed by atoms with E-state index in [1.807, 2.05) is 12.2 Å². The zero-order valence-corrected chi connectivity index (χ0v) is 11.2. The molecule has 0 atom stereocenters. The molecule has 0 aromatic rings. The number of unbranched alkanes of at least 4 members (excludes halogenated alkanes) is 1. The van der Waals surface area contributed by atoms with Gasteiger partial charge in [-0.3, -0.25) is 4.79 Å². The van der Waals surface area contributed by atoms with Crippen molar-refractivity contribution in [2.45, 2.75) is 52.9 Å². The molecule has 0 rings (SSSR count). The lowest BCUT2D eigenvalue weighted by atomic mass is 10.2. The standard InChI is InChI=1S/C15H24O2/c1-4-6-8-9-10-11-13-15(12-7-5-2)17-14(3)16/h6,8,10-12H,4-5,7,9,13H2,1-3H3. The summed E-state index contributed by atoms with van der Waals surface area (Å²) in [4.78, 5) is 10.9. The summed E-state index contributed by atoms with van der Waals surface area (Å²) in [6.07, 6.45) is 15.1. The zero-order chi connectivity index (χ0) is 12.9. The van der Waals surface area contributed by atoms with Crippen molar-refractivity contribution in [2.24, 2.45) is 0 Å². The van der Waals surface area contributed by atoms with Crippen LogP contribution in [0, 0.1) is 0 Å². The summed E-state index contributed by atoms with van der Waals surface area (Å²) in [5.41, 5.74) is 0. The van der Waals surface area contributed by atoms with Crippen molar-refractivity contribution in [2.75, 3.05) is 0 Å². The van der Waals surface area contributed by atoms with Crippen LogP contribution in [0.25, 0.3) is 0 Å². The quantitative estimate of drug-likeness (QED) is 0.351. The second kappa shape index (κ2) is 11.2. The van der Waals surface area contributed by atoms with Crippen molar-refractivity contribution < 1.29 is 9.53 Å². The molecule has 17 heavy (non-hydrogen) atoms. The summed E-state index contributed by atoms with van der Waals surface area (Å²) < 4.78 is 5.13. The first-order valence-corrected chi connectivity index (χ1v) is 6.38. The maximum absolute atomic E-state index is 10.9. The Morgan fingerprint density at radius 3 is 2.41 bits per heavy atom. The highest BCUT2D eigenvalue weighted by atomic mass is 16.5. The fraction of sp³-hybridized carbons (Fsp3) is 0.533. The molecule has 0 N–H and O–H groups in total. The molecule has 0 aliphatic heterocycles. The Kier molecular flexibility index (Phi) is 10.3. The highest BCUT2D eigenvalue weighted by Crippen LogP contribution is 2.08. The van der Waals surface area contributed by atoms with Gasteiger partial charge < -0.3 is 4.74 Å². The number of carbonyl (C=O) groups is 1. The van der Waals surface area contributed by atoms with Crippen LogP contribution in [0.3, 0.4) is 0 Å². The van der Waals surface area contributed by atoms with Gasteiger partial charge >= 0.3 is 5.97 Å². The summed E-state index contributed by atoms with van der Waals surface area (Å²) in [5, 5.41) is 0. The van der Waals surface area contributed by atoms with E-state index in [0.29, 0.717) is 6.42 Å². The van der Waals surface area contributed by atoms with Gasteiger partial charge in [0.05, 0.1) is 0 Å². The predicted octanol–water partition coefficient (Wildman–Crippen LogP) is 4.54. The lowest BCUT2D eigenvalue weighted by Crippen LogP contribution is -1.98. The molecule has 0 aliphatic rings. The van der Waals surface area contributed by atoms with Crippen molar-refractivity contribution in [3.8, 4) is 0 Å². The average Bonchev–Trinajstić information content (AvgIpc) is 2.29. The van der Waals surface area contributed by atoms with Crippen molar-refractivity contribution >= 4 is 5.97 Å². The van der Waals surface area contributed by atoms with E-state index in [-0.39, 0.29) is 5.97 Å². The molecular formula is C15H24O2. The molecule has 0 bridgehead atoms. The smallest absolute Gasteiger partial charge is 0.307 e. The van der Waals surface area contributed by atoms with Crippen LogP contribution in [0.5, 0.6) is 0 Å². The molecule has 0 amide bonds. The largest absolute Gasteiger partial charge is 0.431 e. The topological polar surface area (TPSA) is 26.3 Å². The van der Waals surface area contributed by atoms with E-state index in [9.17, 15) is 4.79 Å². The van der Waals surface area contributed by atoms with Crippen molar-refractivity contribution in [1.82, 2.24) is 0 Å². The molecule has 0 radical (unpaired) electrons. The number of carbonyl (C=O) groups excluding carboxylic acids is 1. The van der Waals surface area contributed by atoms with Crippen LogP contribution in [0.15, 0.2) is 36.1 Å². The summed E-state index contributed by atoms with van der Waals surface area (Å²) in [6, 6.07) is 0. The fourth-order valence-corrected chi connectivity index (χ4v) is 1.29. The van der Waals surface area contributed by atoms with Gasteiger partial charge in [0.1, 0.15) is 5.76 Å². The van der Waals surface area contributed by atoms with E-state index in [1.165, 1.54) is 6.92 Å². The highest BCUT2D eigenvalue weighted by Gasteiger charge is 1.99. The third kappa shape index (κ3) is 11.0. The molecule has 0 heterocycles. The molecular weight excluding hydrogens is 212 g/mol. The minimum Gasteiger partial charge on any atom is -0.431 e. The summed E-state index contributed by atoms with van der Waals surface area (Å²) in [7, 11) is 0. The molecule has 0 saturated carbocycles. The first-order valence-electron chi connectivity index (χ1n) is 6.38. The van der Waals surface area contributed by atoms with Gasteiger partial charge in [-0.1, -0.05) is 44.6 Å². The van der Waals surface area contributed by atoms with Gasteiger partial charge in [-0.05, 0) is 25.3 Å². The highest BCUT2D eigenvalue weighted by molar-refractivity contribution is 5.67. The monoisotopic (exact) mass is 236 g/mol. The van der Waals surface area contributed by atoms with Crippen LogP contribution < -0.4 is 0 Å². The minimum absolute atomic E-state index is 0.244. The third-order valence-electron chi connectivity index (χ3n) is 2.10. The maximum atomic E-state index is 10.9. The van der Waals surface area contributed by atoms with Crippen LogP contribution in [0.2, 0.25) is 0 Å². The number of rotatable bonds is 8. The van der Waals surface area contributed by atoms with Crippen LogP contribution in [0.1, 0.15) is 52.9 Å². The van der Waals surface area contributed by atoms with E-state index in [0.717, 1.165) is 31.4 Å². The van der Waals surface area contributed by atoms with Crippen molar-refractivity contribution in [1.29, 1.82) is 0 Å². The second-order valence-corrected chi connectivity index (χ2v) is 3.84. The summed E-state index contributed by atoms with van der Waals surface area (Å²) in [5.74, 6) is 0.515. The fourth-order valence-electron chi connectivity index (χ4n) is 1.29. The first-order chi connectivity index (χ1) is 8.20. The van der Waals surface area contributed by atoms with Crippen LogP contribution in [-0.4, -0.2) is 5.97 Å². The Hall–Kier alpha value is -1.31. The van der Waals surface area contributed by atoms with Crippen LogP contribution in [-0.2, 0) is 9.53 Å². The Balaban J connectivity index is 4.06. The lowest BCUT2D eigenvalue weighted by molar-refractivity contribution is -0.137. The number of ether oxygens (including phenoxy) is 1. The van der Waals surface area contributed by atoms with Crippen LogP contribution in [0.4, 0.5) is 0 Å². The molecule has 96 valence electrons. The average molecular weight is 236 g/mol. The molecule has 0 unspecified atom stereocenters. The summed E-state index contributed by atoms with van der Waals surface area (Å²) >= 11 is 0. The van der Waals surface area contributed by atoms with E-state index in [2.05, 4.69) is 32.1 Å². The third-order valence-corrected chi connectivity index (χ3v) is 2.10. The molecule has 0 fully saturated rings. The Morgan fingerprint density at radius 2 is 1.82 bits per heavy atom.